The van der Waals surface area contributed by atoms with E-state index in [9.17, 15) is 18.5 Å². The summed E-state index contributed by atoms with van der Waals surface area (Å²) < 4.78 is 28.0. The van der Waals surface area contributed by atoms with E-state index in [4.69, 9.17) is 12.2 Å². The van der Waals surface area contributed by atoms with Crippen LogP contribution < -0.4 is 4.72 Å². The number of nitrogens with one attached hydrogen (secondary N) is 2. The van der Waals surface area contributed by atoms with Gasteiger partial charge < -0.3 is 4.98 Å². The number of aryl methyl sites for hydroxylation is 1. The number of hydrogen-bond acceptors (Lipinski definition) is 6. The number of non-ortho nitro benzene ring substituents is 1. The first-order chi connectivity index (χ1) is 15.7. The molecule has 0 radical (unpaired) electrons. The molecule has 0 aliphatic carbocycles. The van der Waals surface area contributed by atoms with E-state index in [0.717, 1.165) is 16.7 Å². The largest absolute Gasteiger partial charge is 0.330 e. The summed E-state index contributed by atoms with van der Waals surface area (Å²) in [5.74, 6) is 0. The SMILES string of the molecule is Cc1ccc(S(=O)(=O)Nc2ccc(-c3cc(-c4ccc([N+](=O)[O-])cc4)[nH]c(=S)n3)cc2)cc1. The van der Waals surface area contributed by atoms with Crippen LogP contribution >= 0.6 is 12.2 Å². The lowest BCUT2D eigenvalue weighted by atomic mass is 10.1. The Bertz CT molecular complexity index is 1480. The molecule has 4 rings (SSSR count). The zero-order valence-corrected chi connectivity index (χ0v) is 19.0. The fourth-order valence-electron chi connectivity index (χ4n) is 3.16. The third kappa shape index (κ3) is 5.13. The number of aromatic nitrogens is 2. The molecule has 0 aliphatic heterocycles. The van der Waals surface area contributed by atoms with Crippen molar-refractivity contribution in [3.63, 3.8) is 0 Å². The number of nitro benzene ring substituents is 1. The first-order valence-electron chi connectivity index (χ1n) is 9.77. The van der Waals surface area contributed by atoms with Crippen LogP contribution in [0.2, 0.25) is 0 Å². The van der Waals surface area contributed by atoms with Crippen molar-refractivity contribution in [2.24, 2.45) is 0 Å². The van der Waals surface area contributed by atoms with Gasteiger partial charge in [0.15, 0.2) is 4.77 Å². The van der Waals surface area contributed by atoms with Gasteiger partial charge >= 0.3 is 0 Å². The lowest BCUT2D eigenvalue weighted by Crippen LogP contribution is -2.12. The molecule has 0 spiro atoms. The molecule has 8 nitrogen and oxygen atoms in total. The summed E-state index contributed by atoms with van der Waals surface area (Å²) in [5.41, 5.74) is 4.07. The average Bonchev–Trinajstić information content (AvgIpc) is 2.79. The van der Waals surface area contributed by atoms with Crippen molar-refractivity contribution in [2.75, 3.05) is 4.72 Å². The van der Waals surface area contributed by atoms with E-state index in [1.807, 2.05) is 6.92 Å². The van der Waals surface area contributed by atoms with Gasteiger partial charge in [-0.15, -0.1) is 0 Å². The minimum absolute atomic E-state index is 0.00435. The van der Waals surface area contributed by atoms with Crippen LogP contribution in [0.1, 0.15) is 5.56 Å². The molecule has 0 saturated carbocycles. The summed E-state index contributed by atoms with van der Waals surface area (Å²) in [6.45, 7) is 1.89. The van der Waals surface area contributed by atoms with E-state index in [1.165, 1.54) is 12.1 Å². The topological polar surface area (TPSA) is 118 Å². The maximum absolute atomic E-state index is 12.6. The standard InChI is InChI=1S/C23H18N4O4S2/c1-15-2-12-20(13-3-15)33(30,31)26-18-8-4-16(5-9-18)21-14-22(25-23(32)24-21)17-6-10-19(11-7-17)27(28)29/h2-14,26H,1H3,(H,24,25,32). The van der Waals surface area contributed by atoms with Gasteiger partial charge in [0.25, 0.3) is 15.7 Å². The number of sulfonamides is 1. The highest BCUT2D eigenvalue weighted by Crippen LogP contribution is 2.26. The lowest BCUT2D eigenvalue weighted by molar-refractivity contribution is -0.384. The van der Waals surface area contributed by atoms with Crippen molar-refractivity contribution in [2.45, 2.75) is 11.8 Å². The smallest absolute Gasteiger partial charge is 0.269 e. The molecule has 4 aromatic rings. The van der Waals surface area contributed by atoms with Gasteiger partial charge in [-0.3, -0.25) is 14.8 Å². The van der Waals surface area contributed by atoms with Crippen molar-refractivity contribution in [3.05, 3.63) is 99.3 Å². The van der Waals surface area contributed by atoms with E-state index in [-0.39, 0.29) is 15.4 Å². The third-order valence-electron chi connectivity index (χ3n) is 4.90. The minimum atomic E-state index is -3.70. The number of nitro groups is 1. The lowest BCUT2D eigenvalue weighted by Gasteiger charge is -2.10. The first-order valence-corrected chi connectivity index (χ1v) is 11.7. The van der Waals surface area contributed by atoms with Crippen molar-refractivity contribution in [3.8, 4) is 22.5 Å². The molecule has 0 bridgehead atoms. The number of anilines is 1. The van der Waals surface area contributed by atoms with Crippen LogP contribution in [0.4, 0.5) is 11.4 Å². The van der Waals surface area contributed by atoms with E-state index in [1.54, 1.807) is 66.7 Å². The van der Waals surface area contributed by atoms with Crippen LogP contribution in [-0.4, -0.2) is 23.3 Å². The maximum Gasteiger partial charge on any atom is 0.269 e. The Balaban J connectivity index is 1.59. The molecule has 3 aromatic carbocycles. The molecule has 0 aliphatic rings. The molecule has 0 atom stereocenters. The number of benzene rings is 3. The fraction of sp³-hybridized carbons (Fsp3) is 0.0435. The molecular weight excluding hydrogens is 460 g/mol. The van der Waals surface area contributed by atoms with Gasteiger partial charge in [-0.25, -0.2) is 13.4 Å². The summed E-state index contributed by atoms with van der Waals surface area (Å²) in [7, 11) is -3.70. The summed E-state index contributed by atoms with van der Waals surface area (Å²) in [6, 6.07) is 21.2. The molecule has 2 N–H and O–H groups in total. The van der Waals surface area contributed by atoms with Gasteiger partial charge in [0.2, 0.25) is 0 Å². The zero-order valence-electron chi connectivity index (χ0n) is 17.3. The third-order valence-corrected chi connectivity index (χ3v) is 6.49. The van der Waals surface area contributed by atoms with E-state index in [2.05, 4.69) is 14.7 Å². The second-order valence-electron chi connectivity index (χ2n) is 7.29. The summed E-state index contributed by atoms with van der Waals surface area (Å²) in [5, 5.41) is 10.9. The molecule has 166 valence electrons. The minimum Gasteiger partial charge on any atom is -0.330 e. The Morgan fingerprint density at radius 3 is 2.15 bits per heavy atom. The van der Waals surface area contributed by atoms with Crippen LogP contribution in [0, 0.1) is 21.8 Å². The van der Waals surface area contributed by atoms with Gasteiger partial charge in [0.1, 0.15) is 0 Å². The molecule has 1 heterocycles. The maximum atomic E-state index is 12.6. The summed E-state index contributed by atoms with van der Waals surface area (Å²) >= 11 is 5.25. The number of H-pyrrole nitrogens is 1. The predicted octanol–water partition coefficient (Wildman–Crippen LogP) is 5.49. The summed E-state index contributed by atoms with van der Waals surface area (Å²) in [4.78, 5) is 17.9. The quantitative estimate of drug-likeness (QED) is 0.215. The average molecular weight is 479 g/mol. The highest BCUT2D eigenvalue weighted by atomic mass is 32.2. The Kier molecular flexibility index (Phi) is 6.03. The second-order valence-corrected chi connectivity index (χ2v) is 9.35. The van der Waals surface area contributed by atoms with Crippen molar-refractivity contribution < 1.29 is 13.3 Å². The Labute approximate surface area is 195 Å². The van der Waals surface area contributed by atoms with E-state index in [0.29, 0.717) is 17.1 Å². The van der Waals surface area contributed by atoms with Crippen molar-refractivity contribution in [1.29, 1.82) is 0 Å². The highest BCUT2D eigenvalue weighted by Gasteiger charge is 2.14. The fourth-order valence-corrected chi connectivity index (χ4v) is 4.43. The molecule has 0 saturated heterocycles. The number of nitrogens with zero attached hydrogens (tertiary/aromatic N) is 2. The van der Waals surface area contributed by atoms with Gasteiger partial charge in [-0.05, 0) is 67.2 Å². The van der Waals surface area contributed by atoms with Crippen molar-refractivity contribution in [1.82, 2.24) is 9.97 Å². The molecule has 10 heteroatoms. The van der Waals surface area contributed by atoms with Crippen LogP contribution in [0.25, 0.3) is 22.5 Å². The Morgan fingerprint density at radius 1 is 0.939 bits per heavy atom. The van der Waals surface area contributed by atoms with Gasteiger partial charge in [-0.2, -0.15) is 0 Å². The van der Waals surface area contributed by atoms with Gasteiger partial charge in [0.05, 0.1) is 15.5 Å². The van der Waals surface area contributed by atoms with Gasteiger partial charge in [0, 0.05) is 29.1 Å². The number of rotatable bonds is 6. The van der Waals surface area contributed by atoms with E-state index >= 15 is 0 Å². The van der Waals surface area contributed by atoms with Gasteiger partial charge in [-0.1, -0.05) is 29.8 Å². The van der Waals surface area contributed by atoms with Crippen LogP contribution in [-0.2, 0) is 10.0 Å². The van der Waals surface area contributed by atoms with E-state index < -0.39 is 14.9 Å². The molecule has 0 amide bonds. The predicted molar refractivity (Wildman–Crippen MR) is 129 cm³/mol. The molecular formula is C23H18N4O4S2. The van der Waals surface area contributed by atoms with Crippen LogP contribution in [0.5, 0.6) is 0 Å². The van der Waals surface area contributed by atoms with Crippen LogP contribution in [0.15, 0.2) is 83.8 Å². The monoisotopic (exact) mass is 478 g/mol. The van der Waals surface area contributed by atoms with Crippen LogP contribution in [0.3, 0.4) is 0 Å². The summed E-state index contributed by atoms with van der Waals surface area (Å²) in [6.07, 6.45) is 0. The molecule has 33 heavy (non-hydrogen) atoms. The number of hydrogen-bond donors (Lipinski definition) is 2. The highest BCUT2D eigenvalue weighted by molar-refractivity contribution is 7.92. The Morgan fingerprint density at radius 2 is 1.55 bits per heavy atom. The first kappa shape index (κ1) is 22.3. The zero-order chi connectivity index (χ0) is 23.6. The normalized spacial score (nSPS) is 11.2. The molecule has 1 aromatic heterocycles. The number of aromatic amines is 1. The second kappa shape index (κ2) is 8.93. The van der Waals surface area contributed by atoms with Crippen molar-refractivity contribution >= 4 is 33.6 Å². The molecule has 0 fully saturated rings. The molecule has 0 unspecified atom stereocenters. The Hall–Kier alpha value is -3.89.